The molecule has 2 fully saturated rings. The van der Waals surface area contributed by atoms with Crippen LogP contribution in [-0.4, -0.2) is 73.3 Å². The van der Waals surface area contributed by atoms with Gasteiger partial charge in [-0.25, -0.2) is 13.4 Å². The van der Waals surface area contributed by atoms with Crippen molar-refractivity contribution < 1.29 is 27.5 Å². The summed E-state index contributed by atoms with van der Waals surface area (Å²) < 4.78 is 28.7. The van der Waals surface area contributed by atoms with E-state index in [0.29, 0.717) is 36.8 Å². The van der Waals surface area contributed by atoms with E-state index in [4.69, 9.17) is 4.74 Å². The second kappa shape index (κ2) is 9.86. The minimum Gasteiger partial charge on any atom is -0.455 e. The van der Waals surface area contributed by atoms with Gasteiger partial charge in [-0.1, -0.05) is 13.3 Å². The highest BCUT2D eigenvalue weighted by atomic mass is 32.2. The first-order valence-electron chi connectivity index (χ1n) is 10.2. The molecule has 9 nitrogen and oxygen atoms in total. The number of amides is 2. The number of sulfone groups is 1. The van der Waals surface area contributed by atoms with Crippen LogP contribution in [0.5, 0.6) is 0 Å². The lowest BCUT2D eigenvalue weighted by Gasteiger charge is -2.28. The van der Waals surface area contributed by atoms with Crippen LogP contribution in [0.4, 0.5) is 5.13 Å². The normalized spacial score (nSPS) is 20.5. The van der Waals surface area contributed by atoms with Gasteiger partial charge in [-0.3, -0.25) is 19.3 Å². The molecule has 1 aromatic heterocycles. The molecule has 3 heterocycles. The fraction of sp³-hybridized carbons (Fsp3) is 0.684. The van der Waals surface area contributed by atoms with E-state index in [1.807, 2.05) is 6.92 Å². The van der Waals surface area contributed by atoms with Crippen LogP contribution >= 0.6 is 11.3 Å². The zero-order chi connectivity index (χ0) is 21.7. The van der Waals surface area contributed by atoms with Crippen molar-refractivity contribution in [2.24, 2.45) is 0 Å². The summed E-state index contributed by atoms with van der Waals surface area (Å²) in [5.74, 6) is -0.875. The van der Waals surface area contributed by atoms with Gasteiger partial charge in [0.25, 0.3) is 5.91 Å². The van der Waals surface area contributed by atoms with E-state index in [1.165, 1.54) is 11.3 Å². The molecule has 0 bridgehead atoms. The lowest BCUT2D eigenvalue weighted by atomic mass is 10.2. The van der Waals surface area contributed by atoms with Crippen LogP contribution in [0.25, 0.3) is 0 Å². The molecule has 1 aromatic rings. The highest BCUT2D eigenvalue weighted by Crippen LogP contribution is 2.25. The number of thiazole rings is 1. The van der Waals surface area contributed by atoms with Crippen molar-refractivity contribution in [3.63, 3.8) is 0 Å². The molecule has 0 aromatic carbocycles. The molecule has 0 radical (unpaired) electrons. The number of anilines is 1. The molecule has 30 heavy (non-hydrogen) atoms. The first kappa shape index (κ1) is 22.7. The van der Waals surface area contributed by atoms with Crippen LogP contribution in [0.3, 0.4) is 0 Å². The van der Waals surface area contributed by atoms with Gasteiger partial charge >= 0.3 is 5.97 Å². The quantitative estimate of drug-likeness (QED) is 0.511. The number of hydrogen-bond acceptors (Lipinski definition) is 8. The zero-order valence-electron chi connectivity index (χ0n) is 17.0. The summed E-state index contributed by atoms with van der Waals surface area (Å²) in [6, 6.07) is -0.355. The average Bonchev–Trinajstić information content (AvgIpc) is 3.40. The van der Waals surface area contributed by atoms with Crippen LogP contribution in [0, 0.1) is 0 Å². The monoisotopic (exact) mass is 457 g/mol. The molecule has 0 spiro atoms. The topological polar surface area (TPSA) is 114 Å². The van der Waals surface area contributed by atoms with Gasteiger partial charge in [0.15, 0.2) is 21.6 Å². The third-order valence-electron chi connectivity index (χ3n) is 5.25. The third kappa shape index (κ3) is 5.78. The Hall–Kier alpha value is -2.01. The summed E-state index contributed by atoms with van der Waals surface area (Å²) in [6.45, 7) is 2.66. The van der Waals surface area contributed by atoms with Gasteiger partial charge in [-0.05, 0) is 19.3 Å². The standard InChI is InChI=1S/C19H27N3O6S2/c1-2-3-7-21(15-6-9-30(26,27)13-15)17(24)11-28-18(25)10-14-12-29-19(20-14)22-8-4-5-16(22)23/h12,15H,2-11,13H2,1H3. The number of carbonyl (C=O) groups is 3. The molecule has 2 aliphatic rings. The Morgan fingerprint density at radius 2 is 2.20 bits per heavy atom. The summed E-state index contributed by atoms with van der Waals surface area (Å²) in [6.07, 6.45) is 3.27. The van der Waals surface area contributed by atoms with Crippen LogP contribution in [-0.2, 0) is 35.4 Å². The molecule has 1 atom stereocenters. The van der Waals surface area contributed by atoms with Crippen molar-refractivity contribution in [3.05, 3.63) is 11.1 Å². The number of carbonyl (C=O) groups excluding carboxylic acids is 3. The van der Waals surface area contributed by atoms with E-state index in [0.717, 1.165) is 19.3 Å². The second-order valence-corrected chi connectivity index (χ2v) is 10.7. The van der Waals surface area contributed by atoms with E-state index < -0.39 is 22.4 Å². The maximum atomic E-state index is 12.6. The molecular weight excluding hydrogens is 430 g/mol. The van der Waals surface area contributed by atoms with Crippen LogP contribution in [0.1, 0.15) is 44.7 Å². The number of hydrogen-bond donors (Lipinski definition) is 0. The molecule has 2 amide bonds. The van der Waals surface area contributed by atoms with Gasteiger partial charge in [-0.2, -0.15) is 0 Å². The lowest BCUT2D eigenvalue weighted by Crippen LogP contribution is -2.44. The molecule has 166 valence electrons. The van der Waals surface area contributed by atoms with Crippen LogP contribution in [0.2, 0.25) is 0 Å². The molecule has 3 rings (SSSR count). The fourth-order valence-corrected chi connectivity index (χ4v) is 6.23. The summed E-state index contributed by atoms with van der Waals surface area (Å²) in [7, 11) is -3.12. The Morgan fingerprint density at radius 1 is 1.40 bits per heavy atom. The van der Waals surface area contributed by atoms with Crippen molar-refractivity contribution >= 4 is 44.1 Å². The molecule has 0 saturated carbocycles. The van der Waals surface area contributed by atoms with Gasteiger partial charge in [0.2, 0.25) is 5.91 Å². The predicted molar refractivity (Wildman–Crippen MR) is 112 cm³/mol. The highest BCUT2D eigenvalue weighted by molar-refractivity contribution is 7.91. The first-order valence-corrected chi connectivity index (χ1v) is 12.9. The predicted octanol–water partition coefficient (Wildman–Crippen LogP) is 1.17. The number of unbranched alkanes of at least 4 members (excludes halogenated alkanes) is 1. The Morgan fingerprint density at radius 3 is 2.83 bits per heavy atom. The molecule has 0 N–H and O–H groups in total. The van der Waals surface area contributed by atoms with Gasteiger partial charge < -0.3 is 9.64 Å². The maximum Gasteiger partial charge on any atom is 0.312 e. The molecule has 2 saturated heterocycles. The van der Waals surface area contributed by atoms with E-state index >= 15 is 0 Å². The van der Waals surface area contributed by atoms with Crippen LogP contribution in [0.15, 0.2) is 5.38 Å². The Labute approximate surface area is 180 Å². The van der Waals surface area contributed by atoms with Crippen molar-refractivity contribution in [1.29, 1.82) is 0 Å². The van der Waals surface area contributed by atoms with Crippen LogP contribution < -0.4 is 4.90 Å². The average molecular weight is 458 g/mol. The summed E-state index contributed by atoms with van der Waals surface area (Å²) in [5, 5.41) is 2.28. The largest absolute Gasteiger partial charge is 0.455 e. The minimum atomic E-state index is -3.12. The second-order valence-electron chi connectivity index (χ2n) is 7.61. The smallest absolute Gasteiger partial charge is 0.312 e. The number of ether oxygens (including phenoxy) is 1. The number of rotatable bonds is 9. The van der Waals surface area contributed by atoms with Crippen molar-refractivity contribution in [2.75, 3.05) is 36.1 Å². The Kier molecular flexibility index (Phi) is 7.45. The molecular formula is C19H27N3O6S2. The fourth-order valence-electron chi connectivity index (χ4n) is 3.64. The number of nitrogens with zero attached hydrogens (tertiary/aromatic N) is 3. The Balaban J connectivity index is 1.51. The number of esters is 1. The molecule has 1 unspecified atom stereocenters. The summed E-state index contributed by atoms with van der Waals surface area (Å²) >= 11 is 1.30. The van der Waals surface area contributed by atoms with Gasteiger partial charge in [0, 0.05) is 30.9 Å². The van der Waals surface area contributed by atoms with Gasteiger partial charge in [0.1, 0.15) is 0 Å². The SMILES string of the molecule is CCCCN(C(=O)COC(=O)Cc1csc(N2CCCC2=O)n1)C1CCS(=O)(=O)C1. The molecule has 2 aliphatic heterocycles. The van der Waals surface area contributed by atoms with Crippen molar-refractivity contribution in [3.8, 4) is 0 Å². The minimum absolute atomic E-state index is 0.0326. The van der Waals surface area contributed by atoms with E-state index in [-0.39, 0.29) is 35.8 Å². The summed E-state index contributed by atoms with van der Waals surface area (Å²) in [5.41, 5.74) is 0.497. The van der Waals surface area contributed by atoms with Gasteiger partial charge in [-0.15, -0.1) is 11.3 Å². The number of aromatic nitrogens is 1. The molecule has 11 heteroatoms. The van der Waals surface area contributed by atoms with Crippen molar-refractivity contribution in [2.45, 2.75) is 51.5 Å². The maximum absolute atomic E-state index is 12.6. The summed E-state index contributed by atoms with van der Waals surface area (Å²) in [4.78, 5) is 44.1. The van der Waals surface area contributed by atoms with E-state index in [9.17, 15) is 22.8 Å². The third-order valence-corrected chi connectivity index (χ3v) is 7.91. The highest BCUT2D eigenvalue weighted by Gasteiger charge is 2.34. The van der Waals surface area contributed by atoms with Gasteiger partial charge in [0.05, 0.1) is 23.6 Å². The Bertz CT molecular complexity index is 898. The lowest BCUT2D eigenvalue weighted by molar-refractivity contribution is -0.152. The zero-order valence-corrected chi connectivity index (χ0v) is 18.7. The van der Waals surface area contributed by atoms with E-state index in [2.05, 4.69) is 4.98 Å². The first-order chi connectivity index (χ1) is 14.3. The van der Waals surface area contributed by atoms with Crippen molar-refractivity contribution in [1.82, 2.24) is 9.88 Å². The molecule has 0 aliphatic carbocycles. The van der Waals surface area contributed by atoms with E-state index in [1.54, 1.807) is 15.2 Å².